The summed E-state index contributed by atoms with van der Waals surface area (Å²) >= 11 is 0. The molecule has 0 aliphatic carbocycles. The van der Waals surface area contributed by atoms with Crippen molar-refractivity contribution >= 4 is 0 Å². The molecule has 124 valence electrons. The van der Waals surface area contributed by atoms with Crippen molar-refractivity contribution in [2.45, 2.75) is 52.1 Å². The zero-order chi connectivity index (χ0) is 15.1. The number of morpholine rings is 1. The third kappa shape index (κ3) is 5.85. The lowest BCUT2D eigenvalue weighted by atomic mass is 10.1. The number of nitrogens with zero attached hydrogens (tertiary/aromatic N) is 2. The molecule has 2 aliphatic heterocycles. The van der Waals surface area contributed by atoms with Crippen molar-refractivity contribution in [2.24, 2.45) is 5.92 Å². The normalized spacial score (nSPS) is 26.6. The van der Waals surface area contributed by atoms with Crippen molar-refractivity contribution in [1.82, 2.24) is 15.1 Å². The number of ether oxygens (including phenoxy) is 1. The Hall–Kier alpha value is -0.160. The Kier molecular flexibility index (Phi) is 7.44. The molecule has 1 N–H and O–H groups in total. The minimum Gasteiger partial charge on any atom is -0.379 e. The first-order valence-electron chi connectivity index (χ1n) is 8.93. The molecular weight excluding hydrogens is 262 g/mol. The zero-order valence-electron chi connectivity index (χ0n) is 14.3. The molecule has 0 radical (unpaired) electrons. The highest BCUT2D eigenvalue weighted by Gasteiger charge is 2.30. The molecule has 4 nitrogen and oxygen atoms in total. The summed E-state index contributed by atoms with van der Waals surface area (Å²) in [5.74, 6) is 0.760. The molecule has 2 rings (SSSR count). The summed E-state index contributed by atoms with van der Waals surface area (Å²) in [5.41, 5.74) is 0. The van der Waals surface area contributed by atoms with Crippen LogP contribution in [0.4, 0.5) is 0 Å². The average molecular weight is 297 g/mol. The molecule has 4 heteroatoms. The van der Waals surface area contributed by atoms with Crippen LogP contribution in [0.2, 0.25) is 0 Å². The van der Waals surface area contributed by atoms with Crippen LogP contribution in [0.5, 0.6) is 0 Å². The Bertz CT molecular complexity index is 279. The number of rotatable bonds is 8. The van der Waals surface area contributed by atoms with Gasteiger partial charge < -0.3 is 10.1 Å². The standard InChI is InChI=1S/C17H35N3O/c1-15(2)13-18-7-4-5-16(3)20-8-6-17(14-20)19-9-11-21-12-10-19/h15-18H,4-14H2,1-3H3. The molecule has 0 spiro atoms. The van der Waals surface area contributed by atoms with Gasteiger partial charge in [-0.3, -0.25) is 9.80 Å². The molecule has 0 bridgehead atoms. The van der Waals surface area contributed by atoms with E-state index in [-0.39, 0.29) is 0 Å². The van der Waals surface area contributed by atoms with E-state index in [0.717, 1.165) is 50.8 Å². The van der Waals surface area contributed by atoms with Gasteiger partial charge in [0.15, 0.2) is 0 Å². The molecule has 2 atom stereocenters. The van der Waals surface area contributed by atoms with Crippen LogP contribution in [0, 0.1) is 5.92 Å². The van der Waals surface area contributed by atoms with Crippen LogP contribution in [0.3, 0.4) is 0 Å². The van der Waals surface area contributed by atoms with Crippen molar-refractivity contribution in [1.29, 1.82) is 0 Å². The first kappa shape index (κ1) is 17.2. The summed E-state index contributed by atoms with van der Waals surface area (Å²) in [6.07, 6.45) is 3.96. The van der Waals surface area contributed by atoms with Crippen molar-refractivity contribution in [3.8, 4) is 0 Å². The second kappa shape index (κ2) is 9.09. The predicted octanol–water partition coefficient (Wildman–Crippen LogP) is 1.81. The van der Waals surface area contributed by atoms with Crippen LogP contribution >= 0.6 is 0 Å². The van der Waals surface area contributed by atoms with Gasteiger partial charge in [-0.1, -0.05) is 13.8 Å². The lowest BCUT2D eigenvalue weighted by molar-refractivity contribution is 0.0177. The van der Waals surface area contributed by atoms with Crippen molar-refractivity contribution < 1.29 is 4.74 Å². The van der Waals surface area contributed by atoms with E-state index in [1.807, 2.05) is 0 Å². The highest BCUT2D eigenvalue weighted by atomic mass is 16.5. The van der Waals surface area contributed by atoms with Crippen LogP contribution in [0.1, 0.15) is 40.0 Å². The summed E-state index contributed by atoms with van der Waals surface area (Å²) in [6.45, 7) is 15.9. The minimum absolute atomic E-state index is 0.733. The molecule has 0 saturated carbocycles. The quantitative estimate of drug-likeness (QED) is 0.692. The first-order chi connectivity index (χ1) is 10.2. The molecule has 21 heavy (non-hydrogen) atoms. The van der Waals surface area contributed by atoms with Gasteiger partial charge in [0.05, 0.1) is 13.2 Å². The molecule has 2 heterocycles. The maximum Gasteiger partial charge on any atom is 0.0594 e. The Balaban J connectivity index is 1.59. The smallest absolute Gasteiger partial charge is 0.0594 e. The van der Waals surface area contributed by atoms with Crippen molar-refractivity contribution in [2.75, 3.05) is 52.5 Å². The minimum atomic E-state index is 0.733. The number of hydrogen-bond acceptors (Lipinski definition) is 4. The fourth-order valence-corrected chi connectivity index (χ4v) is 3.50. The summed E-state index contributed by atoms with van der Waals surface area (Å²) in [6, 6.07) is 1.51. The van der Waals surface area contributed by atoms with Crippen LogP contribution < -0.4 is 5.32 Å². The SMILES string of the molecule is CC(C)CNCCCC(C)N1CCC(N2CCOCC2)C1. The summed E-state index contributed by atoms with van der Waals surface area (Å²) in [5, 5.41) is 3.55. The summed E-state index contributed by atoms with van der Waals surface area (Å²) in [4.78, 5) is 5.34. The van der Waals surface area contributed by atoms with E-state index in [1.54, 1.807) is 0 Å². The van der Waals surface area contributed by atoms with Crippen LogP contribution in [-0.2, 0) is 4.74 Å². The van der Waals surface area contributed by atoms with Gasteiger partial charge in [0.25, 0.3) is 0 Å². The third-order valence-electron chi connectivity index (χ3n) is 4.91. The van der Waals surface area contributed by atoms with E-state index in [9.17, 15) is 0 Å². The number of likely N-dealkylation sites (tertiary alicyclic amines) is 1. The molecule has 0 aromatic rings. The largest absolute Gasteiger partial charge is 0.379 e. The average Bonchev–Trinajstić information content (AvgIpc) is 2.97. The summed E-state index contributed by atoms with van der Waals surface area (Å²) in [7, 11) is 0. The van der Waals surface area contributed by atoms with Crippen LogP contribution in [0.15, 0.2) is 0 Å². The van der Waals surface area contributed by atoms with E-state index in [4.69, 9.17) is 4.74 Å². The van der Waals surface area contributed by atoms with E-state index in [2.05, 4.69) is 35.9 Å². The van der Waals surface area contributed by atoms with E-state index in [1.165, 1.54) is 38.9 Å². The topological polar surface area (TPSA) is 27.7 Å². The Labute approximate surface area is 131 Å². The van der Waals surface area contributed by atoms with Gasteiger partial charge in [-0.25, -0.2) is 0 Å². The number of nitrogens with one attached hydrogen (secondary N) is 1. The monoisotopic (exact) mass is 297 g/mol. The lowest BCUT2D eigenvalue weighted by Crippen LogP contribution is -2.45. The first-order valence-corrected chi connectivity index (χ1v) is 8.93. The number of hydrogen-bond donors (Lipinski definition) is 1. The molecule has 0 amide bonds. The highest BCUT2D eigenvalue weighted by Crippen LogP contribution is 2.20. The van der Waals surface area contributed by atoms with Gasteiger partial charge in [-0.15, -0.1) is 0 Å². The Morgan fingerprint density at radius 2 is 1.90 bits per heavy atom. The second-order valence-electron chi connectivity index (χ2n) is 7.17. The Morgan fingerprint density at radius 1 is 1.14 bits per heavy atom. The maximum absolute atomic E-state index is 5.46. The molecular formula is C17H35N3O. The fraction of sp³-hybridized carbons (Fsp3) is 1.00. The van der Waals surface area contributed by atoms with E-state index < -0.39 is 0 Å². The highest BCUT2D eigenvalue weighted by molar-refractivity contribution is 4.86. The molecule has 0 aromatic carbocycles. The second-order valence-corrected chi connectivity index (χ2v) is 7.17. The van der Waals surface area contributed by atoms with Gasteiger partial charge in [0.1, 0.15) is 0 Å². The molecule has 2 aliphatic rings. The van der Waals surface area contributed by atoms with Gasteiger partial charge in [-0.05, 0) is 45.2 Å². The van der Waals surface area contributed by atoms with E-state index in [0.29, 0.717) is 0 Å². The van der Waals surface area contributed by atoms with Gasteiger partial charge in [0, 0.05) is 38.3 Å². The maximum atomic E-state index is 5.46. The van der Waals surface area contributed by atoms with Crippen molar-refractivity contribution in [3.63, 3.8) is 0 Å². The molecule has 0 aromatic heterocycles. The molecule has 2 fully saturated rings. The predicted molar refractivity (Wildman–Crippen MR) is 88.8 cm³/mol. The lowest BCUT2D eigenvalue weighted by Gasteiger charge is -2.33. The Morgan fingerprint density at radius 3 is 2.62 bits per heavy atom. The van der Waals surface area contributed by atoms with E-state index >= 15 is 0 Å². The van der Waals surface area contributed by atoms with Gasteiger partial charge in [0.2, 0.25) is 0 Å². The molecule has 2 unspecified atom stereocenters. The van der Waals surface area contributed by atoms with Crippen molar-refractivity contribution in [3.05, 3.63) is 0 Å². The molecule has 2 saturated heterocycles. The van der Waals surface area contributed by atoms with Gasteiger partial charge in [-0.2, -0.15) is 0 Å². The summed E-state index contributed by atoms with van der Waals surface area (Å²) < 4.78 is 5.46. The van der Waals surface area contributed by atoms with Crippen LogP contribution in [-0.4, -0.2) is 74.4 Å². The fourth-order valence-electron chi connectivity index (χ4n) is 3.50. The zero-order valence-corrected chi connectivity index (χ0v) is 14.3. The van der Waals surface area contributed by atoms with Gasteiger partial charge >= 0.3 is 0 Å². The third-order valence-corrected chi connectivity index (χ3v) is 4.91. The van der Waals surface area contributed by atoms with Crippen LogP contribution in [0.25, 0.3) is 0 Å².